The number of imide groups is 1. The molecule has 0 spiro atoms. The molecular formula is C22H19N3O5S. The highest BCUT2D eigenvalue weighted by molar-refractivity contribution is 8.15. The number of hydrogen-bond donors (Lipinski definition) is 3. The van der Waals surface area contributed by atoms with Gasteiger partial charge in [-0.3, -0.25) is 19.7 Å². The van der Waals surface area contributed by atoms with E-state index in [1.54, 1.807) is 42.6 Å². The molecule has 1 aromatic heterocycles. The lowest BCUT2D eigenvalue weighted by Crippen LogP contribution is -2.25. The molecule has 1 aliphatic rings. The van der Waals surface area contributed by atoms with E-state index in [1.165, 1.54) is 7.11 Å². The number of methoxy groups -OCH3 is 1. The van der Waals surface area contributed by atoms with E-state index in [1.807, 2.05) is 6.07 Å². The van der Waals surface area contributed by atoms with E-state index in [4.69, 9.17) is 0 Å². The summed E-state index contributed by atoms with van der Waals surface area (Å²) < 4.78 is 4.68. The number of aromatic nitrogens is 1. The van der Waals surface area contributed by atoms with Crippen LogP contribution in [0, 0.1) is 0 Å². The van der Waals surface area contributed by atoms with E-state index in [9.17, 15) is 19.2 Å². The summed E-state index contributed by atoms with van der Waals surface area (Å²) in [5, 5.41) is 5.19. The number of carbonyl (C=O) groups is 4. The first kappa shape index (κ1) is 20.7. The van der Waals surface area contributed by atoms with Gasteiger partial charge in [-0.1, -0.05) is 36.0 Å². The Kier molecular flexibility index (Phi) is 5.77. The third kappa shape index (κ3) is 4.31. The van der Waals surface area contributed by atoms with Gasteiger partial charge in [-0.05, 0) is 35.7 Å². The first-order valence-electron chi connectivity index (χ1n) is 9.52. The maximum Gasteiger partial charge on any atom is 0.337 e. The van der Waals surface area contributed by atoms with Crippen LogP contribution in [0.1, 0.15) is 31.8 Å². The van der Waals surface area contributed by atoms with Gasteiger partial charge in [-0.25, -0.2) is 4.79 Å². The summed E-state index contributed by atoms with van der Waals surface area (Å²) in [6, 6.07) is 12.2. The lowest BCUT2D eigenvalue weighted by molar-refractivity contribution is -0.118. The molecule has 4 rings (SSSR count). The SMILES string of the molecule is COC(=O)c1ccc(CNC(=O)c2cccc3c(CC4SC(=O)NC4=O)c[nH]c23)cc1. The molecule has 31 heavy (non-hydrogen) atoms. The molecular weight excluding hydrogens is 418 g/mol. The number of carbonyl (C=O) groups excluding carboxylic acids is 4. The maximum absolute atomic E-state index is 12.8. The zero-order valence-corrected chi connectivity index (χ0v) is 17.4. The van der Waals surface area contributed by atoms with Crippen LogP contribution in [0.25, 0.3) is 10.9 Å². The van der Waals surface area contributed by atoms with E-state index in [0.29, 0.717) is 29.6 Å². The number of aromatic amines is 1. The second-order valence-corrected chi connectivity index (χ2v) is 8.18. The van der Waals surface area contributed by atoms with Gasteiger partial charge in [0.2, 0.25) is 5.91 Å². The zero-order chi connectivity index (χ0) is 22.0. The summed E-state index contributed by atoms with van der Waals surface area (Å²) in [4.78, 5) is 50.7. The lowest BCUT2D eigenvalue weighted by atomic mass is 10.0. The third-order valence-corrected chi connectivity index (χ3v) is 6.03. The summed E-state index contributed by atoms with van der Waals surface area (Å²) in [5.74, 6) is -0.960. The minimum Gasteiger partial charge on any atom is -0.465 e. The molecule has 1 aliphatic heterocycles. The Morgan fingerprint density at radius 1 is 1.13 bits per heavy atom. The van der Waals surface area contributed by atoms with Gasteiger partial charge in [-0.2, -0.15) is 0 Å². The van der Waals surface area contributed by atoms with E-state index in [2.05, 4.69) is 20.4 Å². The van der Waals surface area contributed by atoms with Crippen LogP contribution in [0.15, 0.2) is 48.7 Å². The Labute approximate surface area is 181 Å². The van der Waals surface area contributed by atoms with Crippen LogP contribution < -0.4 is 10.6 Å². The number of para-hydroxylation sites is 1. The summed E-state index contributed by atoms with van der Waals surface area (Å²) in [6.45, 7) is 0.297. The van der Waals surface area contributed by atoms with Crippen molar-refractivity contribution in [2.45, 2.75) is 18.2 Å². The van der Waals surface area contributed by atoms with E-state index in [-0.39, 0.29) is 17.1 Å². The smallest absolute Gasteiger partial charge is 0.337 e. The van der Waals surface area contributed by atoms with Gasteiger partial charge < -0.3 is 15.0 Å². The molecule has 0 bridgehead atoms. The maximum atomic E-state index is 12.8. The van der Waals surface area contributed by atoms with Gasteiger partial charge in [0.25, 0.3) is 11.1 Å². The topological polar surface area (TPSA) is 117 Å². The Hall–Kier alpha value is -3.59. The molecule has 0 aliphatic carbocycles. The van der Waals surface area contributed by atoms with E-state index in [0.717, 1.165) is 28.3 Å². The molecule has 1 fully saturated rings. The highest BCUT2D eigenvalue weighted by Crippen LogP contribution is 2.28. The molecule has 1 saturated heterocycles. The molecule has 1 unspecified atom stereocenters. The Bertz CT molecular complexity index is 1190. The van der Waals surface area contributed by atoms with Gasteiger partial charge in [0, 0.05) is 18.1 Å². The van der Waals surface area contributed by atoms with Crippen LogP contribution in [0.3, 0.4) is 0 Å². The van der Waals surface area contributed by atoms with Crippen molar-refractivity contribution >= 4 is 45.7 Å². The fraction of sp³-hybridized carbons (Fsp3) is 0.182. The van der Waals surface area contributed by atoms with E-state index < -0.39 is 11.2 Å². The Morgan fingerprint density at radius 2 is 1.90 bits per heavy atom. The normalized spacial score (nSPS) is 15.7. The fourth-order valence-corrected chi connectivity index (χ4v) is 4.30. The van der Waals surface area contributed by atoms with Crippen molar-refractivity contribution in [1.29, 1.82) is 0 Å². The molecule has 3 aromatic rings. The van der Waals surface area contributed by atoms with Gasteiger partial charge in [0.15, 0.2) is 0 Å². The number of nitrogens with one attached hydrogen (secondary N) is 3. The van der Waals surface area contributed by atoms with Gasteiger partial charge >= 0.3 is 5.97 Å². The molecule has 3 N–H and O–H groups in total. The highest BCUT2D eigenvalue weighted by atomic mass is 32.2. The minimum atomic E-state index is -0.475. The number of rotatable bonds is 6. The number of amides is 3. The quantitative estimate of drug-likeness (QED) is 0.511. The van der Waals surface area contributed by atoms with Crippen molar-refractivity contribution in [3.8, 4) is 0 Å². The van der Waals surface area contributed by atoms with Gasteiger partial charge in [-0.15, -0.1) is 0 Å². The molecule has 2 heterocycles. The van der Waals surface area contributed by atoms with Crippen LogP contribution in [0.5, 0.6) is 0 Å². The predicted molar refractivity (Wildman–Crippen MR) is 116 cm³/mol. The molecule has 0 saturated carbocycles. The molecule has 3 amide bonds. The average molecular weight is 437 g/mol. The number of H-pyrrole nitrogens is 1. The summed E-state index contributed by atoms with van der Waals surface area (Å²) >= 11 is 0.979. The van der Waals surface area contributed by atoms with Crippen LogP contribution in [-0.2, 0) is 22.5 Å². The predicted octanol–water partition coefficient (Wildman–Crippen LogP) is 2.78. The lowest BCUT2D eigenvalue weighted by Gasteiger charge is -2.08. The van der Waals surface area contributed by atoms with Crippen molar-refractivity contribution in [1.82, 2.24) is 15.6 Å². The van der Waals surface area contributed by atoms with Gasteiger partial charge in [0.1, 0.15) is 0 Å². The van der Waals surface area contributed by atoms with Crippen LogP contribution >= 0.6 is 11.8 Å². The fourth-order valence-electron chi connectivity index (χ4n) is 3.45. The van der Waals surface area contributed by atoms with Crippen molar-refractivity contribution in [2.75, 3.05) is 7.11 Å². The molecule has 9 heteroatoms. The second kappa shape index (κ2) is 8.65. The first-order chi connectivity index (χ1) is 15.0. The van der Waals surface area contributed by atoms with Crippen molar-refractivity contribution in [2.24, 2.45) is 0 Å². The van der Waals surface area contributed by atoms with Crippen LogP contribution in [0.4, 0.5) is 4.79 Å². The molecule has 8 nitrogen and oxygen atoms in total. The third-order valence-electron chi connectivity index (χ3n) is 5.05. The van der Waals surface area contributed by atoms with E-state index >= 15 is 0 Å². The van der Waals surface area contributed by atoms with Gasteiger partial charge in [0.05, 0.1) is 29.0 Å². The molecule has 1 atom stereocenters. The standard InChI is InChI=1S/C22H19N3O5S/c1-30-21(28)13-7-5-12(6-8-13)10-24-19(26)16-4-2-3-15-14(11-23-18(15)16)9-17-20(27)25-22(29)31-17/h2-8,11,17,23H,9-10H2,1H3,(H,24,26)(H,25,27,29). The van der Waals surface area contributed by atoms with Crippen molar-refractivity contribution in [3.05, 3.63) is 70.9 Å². The van der Waals surface area contributed by atoms with Crippen LogP contribution in [-0.4, -0.2) is 40.4 Å². The van der Waals surface area contributed by atoms with Crippen LogP contribution in [0.2, 0.25) is 0 Å². The summed E-state index contributed by atoms with van der Waals surface area (Å²) in [5.41, 5.74) is 3.30. The summed E-state index contributed by atoms with van der Waals surface area (Å²) in [7, 11) is 1.32. The molecule has 0 radical (unpaired) electrons. The van der Waals surface area contributed by atoms with Crippen molar-refractivity contribution < 1.29 is 23.9 Å². The number of ether oxygens (including phenoxy) is 1. The first-order valence-corrected chi connectivity index (χ1v) is 10.4. The number of benzene rings is 2. The number of esters is 1. The highest BCUT2D eigenvalue weighted by Gasteiger charge is 2.32. The minimum absolute atomic E-state index is 0.251. The number of thioether (sulfide) groups is 1. The molecule has 2 aromatic carbocycles. The summed E-state index contributed by atoms with van der Waals surface area (Å²) in [6.07, 6.45) is 2.16. The zero-order valence-electron chi connectivity index (χ0n) is 16.6. The second-order valence-electron chi connectivity index (χ2n) is 7.00. The van der Waals surface area contributed by atoms with Crippen molar-refractivity contribution in [3.63, 3.8) is 0 Å². The Balaban J connectivity index is 1.47. The molecule has 158 valence electrons. The number of fused-ring (bicyclic) bond motifs is 1. The largest absolute Gasteiger partial charge is 0.465 e. The number of hydrogen-bond acceptors (Lipinski definition) is 6. The monoisotopic (exact) mass is 437 g/mol. The Morgan fingerprint density at radius 3 is 2.58 bits per heavy atom. The average Bonchev–Trinajstić information content (AvgIpc) is 3.34.